The zero-order valence-corrected chi connectivity index (χ0v) is 9.61. The second kappa shape index (κ2) is 6.50. The summed E-state index contributed by atoms with van der Waals surface area (Å²) in [5.41, 5.74) is 5.68. The summed E-state index contributed by atoms with van der Waals surface area (Å²) < 4.78 is 44.6. The Kier molecular flexibility index (Phi) is 5.29. The molecule has 0 radical (unpaired) electrons. The molecule has 1 atom stereocenters. The predicted octanol–water partition coefficient (Wildman–Crippen LogP) is 1.77. The third-order valence-electron chi connectivity index (χ3n) is 1.96. The zero-order chi connectivity index (χ0) is 13.6. The summed E-state index contributed by atoms with van der Waals surface area (Å²) in [5, 5.41) is 3.59. The van der Waals surface area contributed by atoms with Gasteiger partial charge >= 0.3 is 6.18 Å². The van der Waals surface area contributed by atoms with Crippen molar-refractivity contribution in [3.05, 3.63) is 24.4 Å². The van der Waals surface area contributed by atoms with Gasteiger partial charge in [-0.2, -0.15) is 18.2 Å². The van der Waals surface area contributed by atoms with Gasteiger partial charge in [-0.05, 0) is 6.42 Å². The Labute approximate surface area is 102 Å². The first-order chi connectivity index (χ1) is 8.42. The summed E-state index contributed by atoms with van der Waals surface area (Å²) in [4.78, 5) is 3.95. The highest BCUT2D eigenvalue weighted by Crippen LogP contribution is 2.15. The van der Waals surface area contributed by atoms with E-state index in [0.717, 1.165) is 0 Å². The van der Waals surface area contributed by atoms with Crippen LogP contribution in [0.4, 0.5) is 13.2 Å². The van der Waals surface area contributed by atoms with Crippen LogP contribution in [0.1, 0.15) is 24.2 Å². The first-order valence-electron chi connectivity index (χ1n) is 5.26. The van der Waals surface area contributed by atoms with Crippen molar-refractivity contribution in [2.45, 2.75) is 25.1 Å². The molecule has 0 amide bonds. The minimum Gasteiger partial charge on any atom is -0.372 e. The molecule has 1 rings (SSSR count). The van der Waals surface area contributed by atoms with Crippen molar-refractivity contribution in [2.75, 3.05) is 13.2 Å². The van der Waals surface area contributed by atoms with Gasteiger partial charge in [-0.25, -0.2) is 0 Å². The van der Waals surface area contributed by atoms with Gasteiger partial charge in [-0.3, -0.25) is 0 Å². The van der Waals surface area contributed by atoms with Gasteiger partial charge in [0.05, 0.1) is 12.6 Å². The van der Waals surface area contributed by atoms with Crippen molar-refractivity contribution >= 4 is 0 Å². The minimum absolute atomic E-state index is 0.130. The number of hydrogen-bond donors (Lipinski definition) is 1. The Bertz CT molecular complexity index is 379. The molecular weight excluding hydrogens is 251 g/mol. The Morgan fingerprint density at radius 2 is 2.22 bits per heavy atom. The highest BCUT2D eigenvalue weighted by Gasteiger charge is 2.27. The lowest BCUT2D eigenvalue weighted by Crippen LogP contribution is -2.18. The van der Waals surface area contributed by atoms with Crippen LogP contribution in [0.2, 0.25) is 0 Å². The Morgan fingerprint density at radius 1 is 1.50 bits per heavy atom. The van der Waals surface area contributed by atoms with Crippen LogP contribution in [0.15, 0.2) is 17.2 Å². The summed E-state index contributed by atoms with van der Waals surface area (Å²) >= 11 is 0. The number of halogens is 3. The molecule has 1 unspecified atom stereocenters. The first kappa shape index (κ1) is 14.7. The molecule has 18 heavy (non-hydrogen) atoms. The molecule has 8 heteroatoms. The molecule has 0 aliphatic heterocycles. The maximum atomic E-state index is 11.8. The summed E-state index contributed by atoms with van der Waals surface area (Å²) in [5.74, 6) is 0.507. The highest BCUT2D eigenvalue weighted by atomic mass is 19.4. The molecule has 1 heterocycles. The normalized spacial score (nSPS) is 13.6. The number of ether oxygens (including phenoxy) is 1. The highest BCUT2D eigenvalue weighted by molar-refractivity contribution is 4.94. The second-order valence-electron chi connectivity index (χ2n) is 3.60. The average Bonchev–Trinajstić information content (AvgIpc) is 2.72. The van der Waals surface area contributed by atoms with E-state index in [1.807, 2.05) is 0 Å². The van der Waals surface area contributed by atoms with Crippen LogP contribution in [-0.2, 0) is 11.2 Å². The largest absolute Gasteiger partial charge is 0.411 e. The molecule has 0 fully saturated rings. The van der Waals surface area contributed by atoms with Crippen molar-refractivity contribution in [3.63, 3.8) is 0 Å². The minimum atomic E-state index is -4.32. The van der Waals surface area contributed by atoms with Crippen molar-refractivity contribution in [1.82, 2.24) is 10.1 Å². The van der Waals surface area contributed by atoms with Gasteiger partial charge in [0.2, 0.25) is 5.89 Å². The zero-order valence-electron chi connectivity index (χ0n) is 9.61. The van der Waals surface area contributed by atoms with Crippen LogP contribution in [0, 0.1) is 0 Å². The number of hydrogen-bond acceptors (Lipinski definition) is 5. The van der Waals surface area contributed by atoms with E-state index in [4.69, 9.17) is 10.3 Å². The molecular formula is C10H14F3N3O2. The van der Waals surface area contributed by atoms with E-state index in [-0.39, 0.29) is 24.7 Å². The third kappa shape index (κ3) is 5.28. The van der Waals surface area contributed by atoms with E-state index in [2.05, 4.69) is 21.5 Å². The van der Waals surface area contributed by atoms with Gasteiger partial charge < -0.3 is 15.0 Å². The average molecular weight is 265 g/mol. The maximum absolute atomic E-state index is 11.8. The number of alkyl halides is 3. The fraction of sp³-hybridized carbons (Fsp3) is 0.600. The number of rotatable bonds is 7. The van der Waals surface area contributed by atoms with E-state index in [1.54, 1.807) is 6.08 Å². The van der Waals surface area contributed by atoms with Gasteiger partial charge in [0.25, 0.3) is 0 Å². The molecule has 102 valence electrons. The molecule has 0 aromatic carbocycles. The first-order valence-corrected chi connectivity index (χ1v) is 5.26. The third-order valence-corrected chi connectivity index (χ3v) is 1.96. The van der Waals surface area contributed by atoms with Crippen LogP contribution in [0.5, 0.6) is 0 Å². The van der Waals surface area contributed by atoms with Gasteiger partial charge in [0.1, 0.15) is 6.61 Å². The van der Waals surface area contributed by atoms with Crippen molar-refractivity contribution in [1.29, 1.82) is 0 Å². The van der Waals surface area contributed by atoms with Crippen molar-refractivity contribution in [2.24, 2.45) is 5.73 Å². The summed E-state index contributed by atoms with van der Waals surface area (Å²) in [7, 11) is 0. The molecule has 0 saturated heterocycles. The van der Waals surface area contributed by atoms with Crippen molar-refractivity contribution in [3.8, 4) is 0 Å². The lowest BCUT2D eigenvalue weighted by molar-refractivity contribution is -0.173. The topological polar surface area (TPSA) is 74.2 Å². The van der Waals surface area contributed by atoms with Gasteiger partial charge in [-0.1, -0.05) is 11.2 Å². The van der Waals surface area contributed by atoms with Gasteiger partial charge in [0.15, 0.2) is 5.82 Å². The van der Waals surface area contributed by atoms with E-state index >= 15 is 0 Å². The van der Waals surface area contributed by atoms with Gasteiger partial charge in [0, 0.05) is 6.42 Å². The van der Waals surface area contributed by atoms with E-state index in [0.29, 0.717) is 6.42 Å². The molecule has 0 saturated carbocycles. The fourth-order valence-electron chi connectivity index (χ4n) is 1.15. The van der Waals surface area contributed by atoms with Crippen LogP contribution in [0.25, 0.3) is 0 Å². The molecule has 1 aromatic heterocycles. The lowest BCUT2D eigenvalue weighted by atomic mass is 10.2. The number of aromatic nitrogens is 2. The SMILES string of the molecule is C=CCC(N)c1nc(CCOCC(F)(F)F)no1. The lowest BCUT2D eigenvalue weighted by Gasteiger charge is -2.05. The maximum Gasteiger partial charge on any atom is 0.411 e. The standard InChI is InChI=1S/C10H14F3N3O2/c1-2-3-7(14)9-15-8(16-18-9)4-5-17-6-10(11,12)13/h2,7H,1,3-6,14H2. The summed E-state index contributed by atoms with van der Waals surface area (Å²) in [6.07, 6.45) is -2.09. The molecule has 1 aromatic rings. The monoisotopic (exact) mass is 265 g/mol. The molecule has 0 spiro atoms. The molecule has 0 aliphatic carbocycles. The summed E-state index contributed by atoms with van der Waals surface area (Å²) in [6.45, 7) is 2.11. The molecule has 2 N–H and O–H groups in total. The number of nitrogens with zero attached hydrogens (tertiary/aromatic N) is 2. The molecule has 0 aliphatic rings. The van der Waals surface area contributed by atoms with Crippen molar-refractivity contribution < 1.29 is 22.4 Å². The number of nitrogens with two attached hydrogens (primary N) is 1. The second-order valence-corrected chi connectivity index (χ2v) is 3.60. The van der Waals surface area contributed by atoms with Crippen LogP contribution < -0.4 is 5.73 Å². The molecule has 5 nitrogen and oxygen atoms in total. The van der Waals surface area contributed by atoms with Gasteiger partial charge in [-0.15, -0.1) is 6.58 Å². The quantitative estimate of drug-likeness (QED) is 0.600. The van der Waals surface area contributed by atoms with Crippen LogP contribution >= 0.6 is 0 Å². The Balaban J connectivity index is 2.33. The Hall–Kier alpha value is -1.41. The molecule has 0 bridgehead atoms. The Morgan fingerprint density at radius 3 is 2.83 bits per heavy atom. The van der Waals surface area contributed by atoms with Crippen LogP contribution in [-0.4, -0.2) is 29.5 Å². The van der Waals surface area contributed by atoms with E-state index in [9.17, 15) is 13.2 Å². The summed E-state index contributed by atoms with van der Waals surface area (Å²) in [6, 6.07) is -0.445. The van der Waals surface area contributed by atoms with E-state index in [1.165, 1.54) is 0 Å². The van der Waals surface area contributed by atoms with Crippen LogP contribution in [0.3, 0.4) is 0 Å². The predicted molar refractivity (Wildman–Crippen MR) is 56.6 cm³/mol. The fourth-order valence-corrected chi connectivity index (χ4v) is 1.15. The smallest absolute Gasteiger partial charge is 0.372 e. The van der Waals surface area contributed by atoms with E-state index < -0.39 is 18.8 Å².